The van der Waals surface area contributed by atoms with Gasteiger partial charge in [-0.05, 0) is 84.1 Å². The van der Waals surface area contributed by atoms with Gasteiger partial charge in [-0.2, -0.15) is 0 Å². The van der Waals surface area contributed by atoms with Crippen molar-refractivity contribution in [3.8, 4) is 28.7 Å². The summed E-state index contributed by atoms with van der Waals surface area (Å²) in [5.41, 5.74) is 2.07. The monoisotopic (exact) mass is 748 g/mol. The van der Waals surface area contributed by atoms with Crippen molar-refractivity contribution in [2.45, 2.75) is 51.1 Å². The average Bonchev–Trinajstić information content (AvgIpc) is 3.74. The highest BCUT2D eigenvalue weighted by molar-refractivity contribution is 9.10. The van der Waals surface area contributed by atoms with Gasteiger partial charge in [0, 0.05) is 33.2 Å². The van der Waals surface area contributed by atoms with E-state index in [1.807, 2.05) is 32.0 Å². The molecule has 0 unspecified atom stereocenters. The van der Waals surface area contributed by atoms with Crippen LogP contribution < -0.4 is 39.6 Å². The molecule has 2 aliphatic heterocycles. The zero-order chi connectivity index (χ0) is 34.3. The Balaban J connectivity index is 1.68. The molecular weight excluding hydrogens is 703 g/mol. The first kappa shape index (κ1) is 36.6. The normalized spacial score (nSPS) is 16.7. The fourth-order valence-corrected chi connectivity index (χ4v) is 9.52. The molecule has 0 aromatic heterocycles. The maximum atomic E-state index is 6.22. The smallest absolute Gasteiger partial charge is 0.188 e. The molecule has 0 aliphatic carbocycles. The Morgan fingerprint density at radius 2 is 1.08 bits per heavy atom. The summed E-state index contributed by atoms with van der Waals surface area (Å²) in [5, 5.41) is 2.59. The molecule has 0 amide bonds. The minimum atomic E-state index is -1.50. The second-order valence-corrected chi connectivity index (χ2v) is 14.7. The summed E-state index contributed by atoms with van der Waals surface area (Å²) in [6, 6.07) is 14.2. The first-order valence-electron chi connectivity index (χ1n) is 15.9. The van der Waals surface area contributed by atoms with Crippen LogP contribution in [0.1, 0.15) is 37.8 Å². The van der Waals surface area contributed by atoms with Crippen LogP contribution in [-0.2, 0) is 36.5 Å². The standard InChI is InChI=1S/C36H46BrO10P/c1-35(44-15-16-45-35)13-11-24-19-27(39-4)33(28(20-24)40-5)48(31-10-8-9-26(37)32(31)43-23-38-3)34-29(41-6)21-25(22-30(34)42-7)12-14-36(2)46-17-18-47-36/h8-10,19-22H,11-18,23H2,1-7H3. The molecule has 0 radical (unpaired) electrons. The van der Waals surface area contributed by atoms with Gasteiger partial charge in [0.05, 0.1) is 69.9 Å². The minimum absolute atomic E-state index is 0.0605. The topological polar surface area (TPSA) is 92.3 Å². The molecule has 48 heavy (non-hydrogen) atoms. The second kappa shape index (κ2) is 16.4. The lowest BCUT2D eigenvalue weighted by atomic mass is 10.0. The van der Waals surface area contributed by atoms with Crippen molar-refractivity contribution in [1.29, 1.82) is 0 Å². The molecule has 0 saturated carbocycles. The number of benzene rings is 3. The third kappa shape index (κ3) is 8.21. The minimum Gasteiger partial charge on any atom is -0.496 e. The zero-order valence-corrected chi connectivity index (χ0v) is 31.3. The first-order chi connectivity index (χ1) is 23.2. The summed E-state index contributed by atoms with van der Waals surface area (Å²) < 4.78 is 60.5. The van der Waals surface area contributed by atoms with Crippen LogP contribution >= 0.6 is 23.9 Å². The molecule has 2 saturated heterocycles. The van der Waals surface area contributed by atoms with Gasteiger partial charge in [-0.15, -0.1) is 0 Å². The summed E-state index contributed by atoms with van der Waals surface area (Å²) in [5.74, 6) is 2.08. The highest BCUT2D eigenvalue weighted by Gasteiger charge is 2.36. The van der Waals surface area contributed by atoms with Crippen molar-refractivity contribution in [3.05, 3.63) is 58.1 Å². The molecule has 262 valence electrons. The van der Waals surface area contributed by atoms with E-state index in [9.17, 15) is 0 Å². The second-order valence-electron chi connectivity index (χ2n) is 11.8. The summed E-state index contributed by atoms with van der Waals surface area (Å²) in [6.07, 6.45) is 2.78. The van der Waals surface area contributed by atoms with Gasteiger partial charge in [0.1, 0.15) is 28.7 Å². The van der Waals surface area contributed by atoms with Crippen LogP contribution in [0.2, 0.25) is 0 Å². The lowest BCUT2D eigenvalue weighted by Crippen LogP contribution is -2.28. The predicted molar refractivity (Wildman–Crippen MR) is 189 cm³/mol. The van der Waals surface area contributed by atoms with Crippen molar-refractivity contribution in [2.24, 2.45) is 0 Å². The van der Waals surface area contributed by atoms with Crippen LogP contribution in [0.25, 0.3) is 0 Å². The Hall–Kier alpha value is -2.63. The van der Waals surface area contributed by atoms with Gasteiger partial charge in [-0.3, -0.25) is 0 Å². The van der Waals surface area contributed by atoms with Crippen molar-refractivity contribution in [2.75, 3.05) is 68.8 Å². The third-order valence-corrected chi connectivity index (χ3v) is 11.8. The summed E-state index contributed by atoms with van der Waals surface area (Å²) in [7, 11) is 6.80. The average molecular weight is 750 g/mol. The van der Waals surface area contributed by atoms with E-state index in [0.29, 0.717) is 80.9 Å². The van der Waals surface area contributed by atoms with E-state index in [2.05, 4.69) is 40.2 Å². The highest BCUT2D eigenvalue weighted by atomic mass is 79.9. The Bertz CT molecular complexity index is 1400. The van der Waals surface area contributed by atoms with Gasteiger partial charge in [0.25, 0.3) is 0 Å². The van der Waals surface area contributed by atoms with Gasteiger partial charge in [-0.1, -0.05) is 12.1 Å². The van der Waals surface area contributed by atoms with Crippen LogP contribution in [0, 0.1) is 0 Å². The van der Waals surface area contributed by atoms with E-state index < -0.39 is 19.5 Å². The number of halogens is 1. The van der Waals surface area contributed by atoms with Crippen molar-refractivity contribution in [3.63, 3.8) is 0 Å². The largest absolute Gasteiger partial charge is 0.496 e. The van der Waals surface area contributed by atoms with Crippen LogP contribution in [0.3, 0.4) is 0 Å². The van der Waals surface area contributed by atoms with E-state index in [-0.39, 0.29) is 6.79 Å². The van der Waals surface area contributed by atoms with Crippen molar-refractivity contribution >= 4 is 39.8 Å². The lowest BCUT2D eigenvalue weighted by Gasteiger charge is -2.29. The van der Waals surface area contributed by atoms with Crippen LogP contribution in [0.15, 0.2) is 46.9 Å². The molecule has 0 spiro atoms. The Morgan fingerprint density at radius 3 is 1.46 bits per heavy atom. The molecule has 2 heterocycles. The van der Waals surface area contributed by atoms with E-state index >= 15 is 0 Å². The quantitative estimate of drug-likeness (QED) is 0.136. The van der Waals surface area contributed by atoms with E-state index in [4.69, 9.17) is 47.4 Å². The van der Waals surface area contributed by atoms with Gasteiger partial charge in [-0.25, -0.2) is 0 Å². The number of hydrogen-bond donors (Lipinski definition) is 0. The Labute approximate surface area is 293 Å². The fourth-order valence-electron chi connectivity index (χ4n) is 6.06. The van der Waals surface area contributed by atoms with Gasteiger partial charge < -0.3 is 47.4 Å². The predicted octanol–water partition coefficient (Wildman–Crippen LogP) is 5.62. The SMILES string of the molecule is COCOc1c(Br)cccc1P(c1c(OC)cc(CCC2(C)OCCO2)cc1OC)c1c(OC)cc(CCC2(C)OCCO2)cc1OC. The molecule has 0 atom stereocenters. The zero-order valence-electron chi connectivity index (χ0n) is 28.8. The van der Waals surface area contributed by atoms with Gasteiger partial charge >= 0.3 is 0 Å². The highest BCUT2D eigenvalue weighted by Crippen LogP contribution is 2.49. The maximum Gasteiger partial charge on any atom is 0.188 e. The first-order valence-corrected chi connectivity index (χ1v) is 18.1. The third-order valence-electron chi connectivity index (χ3n) is 8.57. The van der Waals surface area contributed by atoms with E-state index in [0.717, 1.165) is 31.5 Å². The molecular formula is C36H46BrO10P. The number of para-hydroxylation sites is 1. The Kier molecular flexibility index (Phi) is 12.5. The number of ether oxygens (including phenoxy) is 10. The number of rotatable bonds is 16. The van der Waals surface area contributed by atoms with Crippen molar-refractivity contribution < 1.29 is 47.4 Å². The molecule has 0 N–H and O–H groups in total. The van der Waals surface area contributed by atoms with Gasteiger partial charge in [0.2, 0.25) is 0 Å². The maximum absolute atomic E-state index is 6.22. The van der Waals surface area contributed by atoms with Crippen LogP contribution in [-0.4, -0.2) is 80.3 Å². The molecule has 0 bridgehead atoms. The molecule has 2 aliphatic rings. The van der Waals surface area contributed by atoms with E-state index in [1.54, 1.807) is 35.5 Å². The fraction of sp³-hybridized carbons (Fsp3) is 0.500. The number of hydrogen-bond acceptors (Lipinski definition) is 10. The summed E-state index contributed by atoms with van der Waals surface area (Å²) in [4.78, 5) is 0. The number of aryl methyl sites for hydroxylation is 2. The molecule has 10 nitrogen and oxygen atoms in total. The van der Waals surface area contributed by atoms with Crippen LogP contribution in [0.5, 0.6) is 28.7 Å². The molecule has 5 rings (SSSR count). The van der Waals surface area contributed by atoms with Gasteiger partial charge in [0.15, 0.2) is 18.4 Å². The van der Waals surface area contributed by atoms with Crippen molar-refractivity contribution in [1.82, 2.24) is 0 Å². The molecule has 3 aromatic rings. The number of methoxy groups -OCH3 is 5. The molecule has 12 heteroatoms. The molecule has 3 aromatic carbocycles. The summed E-state index contributed by atoms with van der Waals surface area (Å²) in [6.45, 7) is 6.39. The molecule has 2 fully saturated rings. The van der Waals surface area contributed by atoms with Crippen LogP contribution in [0.4, 0.5) is 0 Å². The summed E-state index contributed by atoms with van der Waals surface area (Å²) >= 11 is 3.73. The Morgan fingerprint density at radius 1 is 0.667 bits per heavy atom. The lowest BCUT2D eigenvalue weighted by molar-refractivity contribution is -0.146. The van der Waals surface area contributed by atoms with E-state index in [1.165, 1.54) is 0 Å².